The van der Waals surface area contributed by atoms with E-state index in [2.05, 4.69) is 5.32 Å². The van der Waals surface area contributed by atoms with Crippen molar-refractivity contribution in [3.8, 4) is 0 Å². The van der Waals surface area contributed by atoms with E-state index in [4.69, 9.17) is 5.73 Å². The van der Waals surface area contributed by atoms with Crippen molar-refractivity contribution in [2.24, 2.45) is 5.73 Å². The normalized spacial score (nSPS) is 17.1. The van der Waals surface area contributed by atoms with E-state index < -0.39 is 17.6 Å². The van der Waals surface area contributed by atoms with Crippen LogP contribution in [0.1, 0.15) is 28.8 Å². The van der Waals surface area contributed by atoms with E-state index in [1.165, 1.54) is 6.07 Å². The minimum atomic E-state index is -4.40. The van der Waals surface area contributed by atoms with Gasteiger partial charge in [-0.1, -0.05) is 18.2 Å². The molecule has 1 aromatic rings. The maximum absolute atomic E-state index is 12.8. The molecule has 1 aliphatic rings. The maximum Gasteiger partial charge on any atom is 0.411 e. The van der Waals surface area contributed by atoms with E-state index in [0.717, 1.165) is 0 Å². The molecule has 1 aliphatic carbocycles. The molecule has 1 saturated carbocycles. The van der Waals surface area contributed by atoms with Gasteiger partial charge in [0.15, 0.2) is 0 Å². The fraction of sp³-hybridized carbons (Fsp3) is 0.462. The number of nitrogens with one attached hydrogen (secondary N) is 1. The van der Waals surface area contributed by atoms with Crippen molar-refractivity contribution in [1.82, 2.24) is 5.32 Å². The van der Waals surface area contributed by atoms with Crippen LogP contribution < -0.4 is 11.1 Å². The molecule has 0 unspecified atom stereocenters. The van der Waals surface area contributed by atoms with Crippen molar-refractivity contribution in [2.45, 2.75) is 31.0 Å². The standard InChI is InChI=1S/C13H15F3N2O/c14-13(15,16)12(6-7-12)18-11(19)10-4-2-1-3-9(10)5-8-17/h1-4H,5-8,17H2,(H,18,19). The van der Waals surface area contributed by atoms with Crippen LogP contribution in [0.25, 0.3) is 0 Å². The lowest BCUT2D eigenvalue weighted by molar-refractivity contribution is -0.163. The van der Waals surface area contributed by atoms with Crippen molar-refractivity contribution in [2.75, 3.05) is 6.54 Å². The van der Waals surface area contributed by atoms with Crippen LogP contribution in [0.2, 0.25) is 0 Å². The van der Waals surface area contributed by atoms with E-state index in [1.54, 1.807) is 18.2 Å². The van der Waals surface area contributed by atoms with Gasteiger partial charge in [-0.3, -0.25) is 4.79 Å². The number of hydrogen-bond donors (Lipinski definition) is 2. The maximum atomic E-state index is 12.8. The second kappa shape index (κ2) is 4.85. The van der Waals surface area contributed by atoms with Crippen LogP contribution in [0.5, 0.6) is 0 Å². The highest BCUT2D eigenvalue weighted by molar-refractivity contribution is 5.96. The smallest absolute Gasteiger partial charge is 0.338 e. The number of rotatable bonds is 4. The number of alkyl halides is 3. The van der Waals surface area contributed by atoms with E-state index in [9.17, 15) is 18.0 Å². The van der Waals surface area contributed by atoms with Gasteiger partial charge >= 0.3 is 6.18 Å². The first-order valence-electron chi connectivity index (χ1n) is 6.07. The van der Waals surface area contributed by atoms with Crippen molar-refractivity contribution in [3.63, 3.8) is 0 Å². The second-order valence-corrected chi connectivity index (χ2v) is 4.73. The predicted octanol–water partition coefficient (Wildman–Crippen LogP) is 2.01. The molecule has 1 amide bonds. The Morgan fingerprint density at radius 2 is 1.95 bits per heavy atom. The molecule has 2 rings (SSSR count). The zero-order valence-corrected chi connectivity index (χ0v) is 10.3. The minimum absolute atomic E-state index is 0.0543. The molecule has 6 heteroatoms. The van der Waals surface area contributed by atoms with Gasteiger partial charge in [-0.15, -0.1) is 0 Å². The molecule has 0 atom stereocenters. The first-order chi connectivity index (χ1) is 8.89. The van der Waals surface area contributed by atoms with Gasteiger partial charge in [0.2, 0.25) is 0 Å². The highest BCUT2D eigenvalue weighted by Gasteiger charge is 2.64. The molecule has 0 aromatic heterocycles. The zero-order valence-electron chi connectivity index (χ0n) is 10.3. The first kappa shape index (κ1) is 13.9. The number of carbonyl (C=O) groups excluding carboxylic acids is 1. The Labute approximate surface area is 109 Å². The molecular formula is C13H15F3N2O. The van der Waals surface area contributed by atoms with Crippen molar-refractivity contribution in [3.05, 3.63) is 35.4 Å². The lowest BCUT2D eigenvalue weighted by Gasteiger charge is -2.21. The molecule has 0 bridgehead atoms. The summed E-state index contributed by atoms with van der Waals surface area (Å²) >= 11 is 0. The predicted molar refractivity (Wildman–Crippen MR) is 64.7 cm³/mol. The van der Waals surface area contributed by atoms with Crippen LogP contribution >= 0.6 is 0 Å². The summed E-state index contributed by atoms with van der Waals surface area (Å²) in [5.74, 6) is -0.682. The lowest BCUT2D eigenvalue weighted by Crippen LogP contribution is -2.48. The minimum Gasteiger partial charge on any atom is -0.338 e. The van der Waals surface area contributed by atoms with Crippen molar-refractivity contribution < 1.29 is 18.0 Å². The van der Waals surface area contributed by atoms with Gasteiger partial charge in [-0.2, -0.15) is 13.2 Å². The quantitative estimate of drug-likeness (QED) is 0.881. The average molecular weight is 272 g/mol. The molecule has 1 aromatic carbocycles. The SMILES string of the molecule is NCCc1ccccc1C(=O)NC1(C(F)(F)F)CC1. The van der Waals surface area contributed by atoms with E-state index >= 15 is 0 Å². The highest BCUT2D eigenvalue weighted by atomic mass is 19.4. The average Bonchev–Trinajstić information content (AvgIpc) is 3.10. The Morgan fingerprint density at radius 1 is 1.32 bits per heavy atom. The molecule has 0 saturated heterocycles. The molecule has 3 nitrogen and oxygen atoms in total. The summed E-state index contributed by atoms with van der Waals surface area (Å²) in [5.41, 5.74) is 4.33. The Hall–Kier alpha value is -1.56. The van der Waals surface area contributed by atoms with Gasteiger partial charge in [0, 0.05) is 5.56 Å². The van der Waals surface area contributed by atoms with Gasteiger partial charge < -0.3 is 11.1 Å². The molecule has 0 heterocycles. The first-order valence-corrected chi connectivity index (χ1v) is 6.07. The summed E-state index contributed by atoms with van der Waals surface area (Å²) in [6.45, 7) is 0.342. The fourth-order valence-corrected chi connectivity index (χ4v) is 2.00. The summed E-state index contributed by atoms with van der Waals surface area (Å²) in [4.78, 5) is 12.0. The third-order valence-electron chi connectivity index (χ3n) is 3.32. The molecule has 0 aliphatic heterocycles. The van der Waals surface area contributed by atoms with Crippen LogP contribution in [0, 0.1) is 0 Å². The number of halogens is 3. The summed E-state index contributed by atoms with van der Waals surface area (Å²) in [7, 11) is 0. The molecular weight excluding hydrogens is 257 g/mol. The third kappa shape index (κ3) is 2.73. The number of nitrogens with two attached hydrogens (primary N) is 1. The monoisotopic (exact) mass is 272 g/mol. The Balaban J connectivity index is 2.17. The van der Waals surface area contributed by atoms with Gasteiger partial charge in [-0.25, -0.2) is 0 Å². The Bertz CT molecular complexity index is 481. The van der Waals surface area contributed by atoms with Crippen molar-refractivity contribution in [1.29, 1.82) is 0 Å². The van der Waals surface area contributed by atoms with Crippen LogP contribution in [-0.2, 0) is 6.42 Å². The van der Waals surface area contributed by atoms with E-state index in [-0.39, 0.29) is 18.4 Å². The van der Waals surface area contributed by atoms with Crippen molar-refractivity contribution >= 4 is 5.91 Å². The van der Waals surface area contributed by atoms with E-state index in [1.807, 2.05) is 0 Å². The molecule has 1 fully saturated rings. The molecule has 19 heavy (non-hydrogen) atoms. The second-order valence-electron chi connectivity index (χ2n) is 4.73. The fourth-order valence-electron chi connectivity index (χ4n) is 2.00. The van der Waals surface area contributed by atoms with Crippen LogP contribution in [-0.4, -0.2) is 24.2 Å². The van der Waals surface area contributed by atoms with Crippen LogP contribution in [0.3, 0.4) is 0 Å². The van der Waals surface area contributed by atoms with E-state index in [0.29, 0.717) is 18.5 Å². The van der Waals surface area contributed by atoms with Gasteiger partial charge in [-0.05, 0) is 37.4 Å². The number of benzene rings is 1. The largest absolute Gasteiger partial charge is 0.411 e. The lowest BCUT2D eigenvalue weighted by atomic mass is 10.0. The number of carbonyl (C=O) groups is 1. The zero-order chi connectivity index (χ0) is 14.1. The number of hydrogen-bond acceptors (Lipinski definition) is 2. The van der Waals surface area contributed by atoms with Gasteiger partial charge in [0.1, 0.15) is 5.54 Å². The summed E-state index contributed by atoms with van der Waals surface area (Å²) in [5, 5.41) is 2.12. The summed E-state index contributed by atoms with van der Waals surface area (Å²) < 4.78 is 38.4. The molecule has 0 spiro atoms. The van der Waals surface area contributed by atoms with Crippen LogP contribution in [0.15, 0.2) is 24.3 Å². The van der Waals surface area contributed by atoms with Gasteiger partial charge in [0.25, 0.3) is 5.91 Å². The summed E-state index contributed by atoms with van der Waals surface area (Å²) in [6, 6.07) is 6.59. The Kier molecular flexibility index (Phi) is 3.54. The highest BCUT2D eigenvalue weighted by Crippen LogP contribution is 2.49. The third-order valence-corrected chi connectivity index (χ3v) is 3.32. The topological polar surface area (TPSA) is 55.1 Å². The molecule has 104 valence electrons. The summed E-state index contributed by atoms with van der Waals surface area (Å²) in [6.07, 6.45) is -4.04. The molecule has 0 radical (unpaired) electrons. The Morgan fingerprint density at radius 3 is 2.47 bits per heavy atom. The number of amides is 1. The van der Waals surface area contributed by atoms with Gasteiger partial charge in [0.05, 0.1) is 0 Å². The van der Waals surface area contributed by atoms with Crippen LogP contribution in [0.4, 0.5) is 13.2 Å². The molecule has 3 N–H and O–H groups in total.